The molecule has 0 spiro atoms. The summed E-state index contributed by atoms with van der Waals surface area (Å²) in [6.45, 7) is 1.33. The predicted octanol–water partition coefficient (Wildman–Crippen LogP) is 2.37. The van der Waals surface area contributed by atoms with Crippen LogP contribution in [0, 0.1) is 5.41 Å². The number of nitrogens with zero attached hydrogens (tertiary/aromatic N) is 1. The summed E-state index contributed by atoms with van der Waals surface area (Å²) in [5.41, 5.74) is 7.08. The molecule has 0 atom stereocenters. The highest BCUT2D eigenvalue weighted by Gasteiger charge is 2.18. The number of carbonyl (C=O) groups excluding carboxylic acids is 2. The first-order chi connectivity index (χ1) is 16.1. The highest BCUT2D eigenvalue weighted by atomic mass is 16.5. The lowest BCUT2D eigenvalue weighted by Crippen LogP contribution is -2.35. The summed E-state index contributed by atoms with van der Waals surface area (Å²) in [6, 6.07) is 12.5. The van der Waals surface area contributed by atoms with Crippen molar-refractivity contribution >= 4 is 35.7 Å². The van der Waals surface area contributed by atoms with Gasteiger partial charge < -0.3 is 25.6 Å². The molecule has 0 unspecified atom stereocenters. The number of nitrogens with one attached hydrogen (secondary N) is 1. The fourth-order valence-electron chi connectivity index (χ4n) is 2.92. The maximum atomic E-state index is 12.7. The maximum absolute atomic E-state index is 12.7. The van der Waals surface area contributed by atoms with Crippen LogP contribution in [0.2, 0.25) is 0 Å². The zero-order chi connectivity index (χ0) is 25.3. The molecule has 178 valence electrons. The Hall–Kier alpha value is -4.47. The fourth-order valence-corrected chi connectivity index (χ4v) is 2.92. The van der Waals surface area contributed by atoms with E-state index < -0.39 is 23.8 Å². The molecule has 0 saturated heterocycles. The van der Waals surface area contributed by atoms with Crippen LogP contribution in [0.3, 0.4) is 0 Å². The Morgan fingerprint density at radius 3 is 1.88 bits per heavy atom. The zero-order valence-corrected chi connectivity index (χ0v) is 18.5. The summed E-state index contributed by atoms with van der Waals surface area (Å²) < 4.78 is 5.30. The van der Waals surface area contributed by atoms with Crippen LogP contribution >= 0.6 is 0 Å². The van der Waals surface area contributed by atoms with Gasteiger partial charge in [0, 0.05) is 24.2 Å². The van der Waals surface area contributed by atoms with Gasteiger partial charge in [0.05, 0.1) is 18.4 Å². The number of amidine groups is 1. The largest absolute Gasteiger partial charge is 0.481 e. The topological polar surface area (TPSA) is 171 Å². The molecule has 10 heteroatoms. The molecule has 0 aromatic heterocycles. The Morgan fingerprint density at radius 2 is 1.41 bits per heavy atom. The molecule has 0 heterocycles. The molecule has 10 nitrogen and oxygen atoms in total. The quantitative estimate of drug-likeness (QED) is 0.128. The number of benzene rings is 2. The SMILES string of the molecule is C/C(=C\c1ccc(C(=O)Oc2ccc(C(=N)N)cc2)cc1)C(=O)N(CCC(=O)O)CCC(=O)O. The first-order valence-corrected chi connectivity index (χ1v) is 10.2. The first-order valence-electron chi connectivity index (χ1n) is 10.2. The third-order valence-electron chi connectivity index (χ3n) is 4.72. The Labute approximate surface area is 195 Å². The average Bonchev–Trinajstić information content (AvgIpc) is 2.79. The number of nitrogens with two attached hydrogens (primary N) is 1. The summed E-state index contributed by atoms with van der Waals surface area (Å²) in [7, 11) is 0. The van der Waals surface area contributed by atoms with E-state index in [2.05, 4.69) is 0 Å². The molecule has 5 N–H and O–H groups in total. The van der Waals surface area contributed by atoms with Gasteiger partial charge in [-0.25, -0.2) is 4.79 Å². The van der Waals surface area contributed by atoms with Crippen molar-refractivity contribution < 1.29 is 34.1 Å². The summed E-state index contributed by atoms with van der Waals surface area (Å²) in [4.78, 5) is 47.9. The van der Waals surface area contributed by atoms with Crippen LogP contribution in [0.15, 0.2) is 54.1 Å². The molecular formula is C24H25N3O7. The van der Waals surface area contributed by atoms with Crippen LogP contribution in [0.5, 0.6) is 5.75 Å². The molecule has 34 heavy (non-hydrogen) atoms. The minimum atomic E-state index is -1.09. The third-order valence-corrected chi connectivity index (χ3v) is 4.72. The second-order valence-electron chi connectivity index (χ2n) is 7.36. The predicted molar refractivity (Wildman–Crippen MR) is 124 cm³/mol. The van der Waals surface area contributed by atoms with Crippen LogP contribution in [-0.2, 0) is 14.4 Å². The van der Waals surface area contributed by atoms with Crippen molar-refractivity contribution in [2.75, 3.05) is 13.1 Å². The highest BCUT2D eigenvalue weighted by molar-refractivity contribution is 5.98. The van der Waals surface area contributed by atoms with Gasteiger partial charge in [-0.1, -0.05) is 12.1 Å². The van der Waals surface area contributed by atoms with E-state index in [1.807, 2.05) is 0 Å². The molecule has 0 aliphatic rings. The zero-order valence-electron chi connectivity index (χ0n) is 18.5. The van der Waals surface area contributed by atoms with Crippen LogP contribution in [-0.4, -0.2) is 57.9 Å². The molecular weight excluding hydrogens is 442 g/mol. The number of esters is 1. The number of hydrogen-bond acceptors (Lipinski definition) is 6. The molecule has 2 aromatic carbocycles. The lowest BCUT2D eigenvalue weighted by molar-refractivity contribution is -0.138. The number of rotatable bonds is 11. The number of carboxylic acids is 2. The summed E-state index contributed by atoms with van der Waals surface area (Å²) in [6.07, 6.45) is 0.965. The van der Waals surface area contributed by atoms with Gasteiger partial charge in [-0.05, 0) is 55.0 Å². The molecule has 0 bridgehead atoms. The normalized spacial score (nSPS) is 10.9. The van der Waals surface area contributed by atoms with Gasteiger partial charge in [-0.3, -0.25) is 19.8 Å². The van der Waals surface area contributed by atoms with E-state index in [4.69, 9.17) is 26.1 Å². The summed E-state index contributed by atoms with van der Waals surface area (Å²) >= 11 is 0. The van der Waals surface area contributed by atoms with Gasteiger partial charge in [-0.15, -0.1) is 0 Å². The maximum Gasteiger partial charge on any atom is 0.343 e. The number of carboxylic acid groups (broad SMARTS) is 2. The van der Waals surface area contributed by atoms with Crippen molar-refractivity contribution in [1.29, 1.82) is 5.41 Å². The Balaban J connectivity index is 2.07. The van der Waals surface area contributed by atoms with Crippen LogP contribution in [0.4, 0.5) is 0 Å². The van der Waals surface area contributed by atoms with Crippen molar-refractivity contribution in [3.8, 4) is 5.75 Å². The summed E-state index contributed by atoms with van der Waals surface area (Å²) in [5, 5.41) is 25.1. The van der Waals surface area contributed by atoms with Gasteiger partial charge in [0.1, 0.15) is 11.6 Å². The number of hydrogen-bond donors (Lipinski definition) is 4. The molecule has 0 saturated carbocycles. The van der Waals surface area contributed by atoms with E-state index >= 15 is 0 Å². The van der Waals surface area contributed by atoms with E-state index in [1.54, 1.807) is 37.3 Å². The molecule has 0 fully saturated rings. The fraction of sp³-hybridized carbons (Fsp3) is 0.208. The van der Waals surface area contributed by atoms with E-state index in [9.17, 15) is 19.2 Å². The lowest BCUT2D eigenvalue weighted by atomic mass is 10.1. The summed E-state index contributed by atoms with van der Waals surface area (Å²) in [5.74, 6) is -3.04. The molecule has 2 rings (SSSR count). The molecule has 0 aliphatic carbocycles. The first kappa shape index (κ1) is 25.8. The van der Waals surface area contributed by atoms with E-state index in [-0.39, 0.29) is 42.9 Å². The van der Waals surface area contributed by atoms with E-state index in [0.717, 1.165) is 0 Å². The monoisotopic (exact) mass is 467 g/mol. The minimum absolute atomic E-state index is 0.0952. The Morgan fingerprint density at radius 1 is 0.912 bits per heavy atom. The Kier molecular flexibility index (Phi) is 9.07. The van der Waals surface area contributed by atoms with Crippen LogP contribution in [0.25, 0.3) is 6.08 Å². The number of carbonyl (C=O) groups is 4. The van der Waals surface area contributed by atoms with Crippen molar-refractivity contribution in [2.45, 2.75) is 19.8 Å². The van der Waals surface area contributed by atoms with Crippen molar-refractivity contribution in [2.24, 2.45) is 5.73 Å². The van der Waals surface area contributed by atoms with Gasteiger partial charge >= 0.3 is 17.9 Å². The van der Waals surface area contributed by atoms with Crippen molar-refractivity contribution in [1.82, 2.24) is 4.90 Å². The van der Waals surface area contributed by atoms with E-state index in [0.29, 0.717) is 16.9 Å². The van der Waals surface area contributed by atoms with Crippen LogP contribution in [0.1, 0.15) is 41.3 Å². The van der Waals surface area contributed by atoms with Gasteiger partial charge in [0.15, 0.2) is 0 Å². The molecule has 1 amide bonds. The second kappa shape index (κ2) is 12.0. The number of aliphatic carboxylic acids is 2. The van der Waals surface area contributed by atoms with Crippen molar-refractivity contribution in [3.63, 3.8) is 0 Å². The highest BCUT2D eigenvalue weighted by Crippen LogP contribution is 2.16. The van der Waals surface area contributed by atoms with Crippen LogP contribution < -0.4 is 10.5 Å². The smallest absolute Gasteiger partial charge is 0.343 e. The lowest BCUT2D eigenvalue weighted by Gasteiger charge is -2.21. The standard InChI is InChI=1S/C24H25N3O7/c1-15(23(32)27(12-10-20(28)29)13-11-21(30)31)14-16-2-4-18(5-3-16)24(33)34-19-8-6-17(7-9-19)22(25)26/h2-9,14H,10-13H2,1H3,(H3,25,26)(H,28,29)(H,30,31)/b15-14+. The molecule has 0 aliphatic heterocycles. The van der Waals surface area contributed by atoms with Gasteiger partial charge in [0.25, 0.3) is 0 Å². The average molecular weight is 467 g/mol. The molecule has 0 radical (unpaired) electrons. The third kappa shape index (κ3) is 7.90. The van der Waals surface area contributed by atoms with Gasteiger partial charge in [0.2, 0.25) is 5.91 Å². The van der Waals surface area contributed by atoms with Crippen molar-refractivity contribution in [3.05, 3.63) is 70.8 Å². The molecule has 2 aromatic rings. The van der Waals surface area contributed by atoms with Gasteiger partial charge in [-0.2, -0.15) is 0 Å². The number of ether oxygens (including phenoxy) is 1. The number of amides is 1. The second-order valence-corrected chi connectivity index (χ2v) is 7.36. The Bertz CT molecular complexity index is 1090. The number of nitrogen functional groups attached to an aromatic ring is 1. The minimum Gasteiger partial charge on any atom is -0.481 e. The van der Waals surface area contributed by atoms with E-state index in [1.165, 1.54) is 29.2 Å².